The molecule has 1 heterocycles. The van der Waals surface area contributed by atoms with E-state index in [2.05, 4.69) is 5.32 Å². The van der Waals surface area contributed by atoms with Crippen molar-refractivity contribution in [3.05, 3.63) is 77.1 Å². The molecule has 1 aliphatic heterocycles. The zero-order valence-corrected chi connectivity index (χ0v) is 18.4. The molecule has 0 fully saturated rings. The van der Waals surface area contributed by atoms with Crippen LogP contribution in [0.25, 0.3) is 0 Å². The van der Waals surface area contributed by atoms with E-state index in [1.165, 1.54) is 17.0 Å². The predicted octanol–water partition coefficient (Wildman–Crippen LogP) is 4.43. The van der Waals surface area contributed by atoms with E-state index in [0.29, 0.717) is 28.6 Å². The van der Waals surface area contributed by atoms with Crippen LogP contribution in [0.5, 0.6) is 17.2 Å². The Kier molecular flexibility index (Phi) is 6.65. The van der Waals surface area contributed by atoms with Gasteiger partial charge in [0.1, 0.15) is 23.1 Å². The molecule has 0 aromatic heterocycles. The fraction of sp³-hybridized carbons (Fsp3) is 0.167. The van der Waals surface area contributed by atoms with Crippen LogP contribution in [0, 0.1) is 5.82 Å². The summed E-state index contributed by atoms with van der Waals surface area (Å²) in [5.74, 6) is 0.274. The maximum absolute atomic E-state index is 14.3. The number of amides is 2. The highest BCUT2D eigenvalue weighted by Crippen LogP contribution is 2.36. The van der Waals surface area contributed by atoms with E-state index in [1.807, 2.05) is 0 Å². The Morgan fingerprint density at radius 1 is 1.15 bits per heavy atom. The number of methoxy groups -OCH3 is 1. The number of ether oxygens (including phenoxy) is 3. The molecule has 170 valence electrons. The Bertz CT molecular complexity index is 1180. The minimum atomic E-state index is -0.512. The van der Waals surface area contributed by atoms with Gasteiger partial charge in [0.2, 0.25) is 0 Å². The largest absolute Gasteiger partial charge is 0.497 e. The summed E-state index contributed by atoms with van der Waals surface area (Å²) in [6.45, 7) is -0.482. The molecule has 0 unspecified atom stereocenters. The Morgan fingerprint density at radius 2 is 1.94 bits per heavy atom. The van der Waals surface area contributed by atoms with Crippen molar-refractivity contribution in [2.75, 3.05) is 30.5 Å². The molecular formula is C24H20ClFN2O5. The molecule has 0 atom stereocenters. The summed E-state index contributed by atoms with van der Waals surface area (Å²) in [6, 6.07) is 16.1. The lowest BCUT2D eigenvalue weighted by atomic mass is 10.1. The predicted molar refractivity (Wildman–Crippen MR) is 122 cm³/mol. The molecule has 33 heavy (non-hydrogen) atoms. The van der Waals surface area contributed by atoms with Gasteiger partial charge in [-0.3, -0.25) is 9.59 Å². The summed E-state index contributed by atoms with van der Waals surface area (Å²) in [5.41, 5.74) is 1.02. The number of hydrogen-bond donors (Lipinski definition) is 1. The van der Waals surface area contributed by atoms with Crippen molar-refractivity contribution >= 4 is 34.8 Å². The lowest BCUT2D eigenvalue weighted by Crippen LogP contribution is -2.38. The number of rotatable bonds is 7. The monoisotopic (exact) mass is 470 g/mol. The number of nitrogens with zero attached hydrogens (tertiary/aromatic N) is 1. The van der Waals surface area contributed by atoms with Gasteiger partial charge in [-0.05, 0) is 42.5 Å². The summed E-state index contributed by atoms with van der Waals surface area (Å²) in [5, 5.41) is 2.94. The van der Waals surface area contributed by atoms with Gasteiger partial charge >= 0.3 is 0 Å². The SMILES string of the molecule is COc1cccc(OCC(=O)Nc2ccc3c(c2)N(Cc2c(F)cccc2Cl)C(=O)CO3)c1. The van der Waals surface area contributed by atoms with Crippen molar-refractivity contribution in [1.29, 1.82) is 0 Å². The van der Waals surface area contributed by atoms with E-state index in [0.717, 1.165) is 0 Å². The van der Waals surface area contributed by atoms with Crippen molar-refractivity contribution in [3.63, 3.8) is 0 Å². The molecule has 0 aliphatic carbocycles. The van der Waals surface area contributed by atoms with Gasteiger partial charge in [0.25, 0.3) is 11.8 Å². The van der Waals surface area contributed by atoms with Gasteiger partial charge in [-0.2, -0.15) is 0 Å². The summed E-state index contributed by atoms with van der Waals surface area (Å²) in [6.07, 6.45) is 0. The summed E-state index contributed by atoms with van der Waals surface area (Å²) < 4.78 is 30.4. The van der Waals surface area contributed by atoms with Crippen LogP contribution >= 0.6 is 11.6 Å². The number of hydrogen-bond acceptors (Lipinski definition) is 5. The molecular weight excluding hydrogens is 451 g/mol. The molecule has 9 heteroatoms. The van der Waals surface area contributed by atoms with E-state index < -0.39 is 11.7 Å². The number of nitrogens with one attached hydrogen (secondary N) is 1. The van der Waals surface area contributed by atoms with Crippen LogP contribution in [0.2, 0.25) is 5.02 Å². The second-order valence-electron chi connectivity index (χ2n) is 7.17. The smallest absolute Gasteiger partial charge is 0.265 e. The summed E-state index contributed by atoms with van der Waals surface area (Å²) in [4.78, 5) is 26.3. The maximum atomic E-state index is 14.3. The van der Waals surface area contributed by atoms with Crippen LogP contribution in [0.3, 0.4) is 0 Å². The summed E-state index contributed by atoms with van der Waals surface area (Å²) in [7, 11) is 1.54. The van der Waals surface area contributed by atoms with Gasteiger partial charge in [0.05, 0.1) is 19.3 Å². The Balaban J connectivity index is 1.49. The van der Waals surface area contributed by atoms with E-state index in [4.69, 9.17) is 25.8 Å². The van der Waals surface area contributed by atoms with Gasteiger partial charge in [0.15, 0.2) is 13.2 Å². The fourth-order valence-electron chi connectivity index (χ4n) is 3.33. The first-order valence-corrected chi connectivity index (χ1v) is 10.4. The molecule has 1 aliphatic rings. The van der Waals surface area contributed by atoms with E-state index in [9.17, 15) is 14.0 Å². The molecule has 3 aromatic rings. The number of fused-ring (bicyclic) bond motifs is 1. The molecule has 2 amide bonds. The molecule has 0 spiro atoms. The molecule has 3 aromatic carbocycles. The second kappa shape index (κ2) is 9.79. The number of carbonyl (C=O) groups excluding carboxylic acids is 2. The normalized spacial score (nSPS) is 12.6. The molecule has 0 radical (unpaired) electrons. The quantitative estimate of drug-likeness (QED) is 0.552. The molecule has 0 saturated carbocycles. The second-order valence-corrected chi connectivity index (χ2v) is 7.57. The van der Waals surface area contributed by atoms with Crippen molar-refractivity contribution in [1.82, 2.24) is 0 Å². The zero-order chi connectivity index (χ0) is 23.4. The molecule has 7 nitrogen and oxygen atoms in total. The highest BCUT2D eigenvalue weighted by Gasteiger charge is 2.27. The van der Waals surface area contributed by atoms with Gasteiger partial charge in [0, 0.05) is 22.3 Å². The van der Waals surface area contributed by atoms with Gasteiger partial charge in [-0.25, -0.2) is 4.39 Å². The zero-order valence-electron chi connectivity index (χ0n) is 17.6. The van der Waals surface area contributed by atoms with Crippen molar-refractivity contribution in [2.45, 2.75) is 6.54 Å². The topological polar surface area (TPSA) is 77.1 Å². The van der Waals surface area contributed by atoms with E-state index in [1.54, 1.807) is 55.6 Å². The average Bonchev–Trinajstić information content (AvgIpc) is 2.81. The third kappa shape index (κ3) is 5.18. The third-order valence-electron chi connectivity index (χ3n) is 4.97. The van der Waals surface area contributed by atoms with Crippen LogP contribution in [0.15, 0.2) is 60.7 Å². The first kappa shape index (κ1) is 22.4. The van der Waals surface area contributed by atoms with Crippen LogP contribution in [-0.2, 0) is 16.1 Å². The first-order chi connectivity index (χ1) is 15.9. The number of anilines is 2. The highest BCUT2D eigenvalue weighted by molar-refractivity contribution is 6.31. The van der Waals surface area contributed by atoms with Crippen LogP contribution < -0.4 is 24.4 Å². The highest BCUT2D eigenvalue weighted by atomic mass is 35.5. The van der Waals surface area contributed by atoms with Crippen LogP contribution in [0.4, 0.5) is 15.8 Å². The Hall–Kier alpha value is -3.78. The minimum absolute atomic E-state index is 0.0724. The first-order valence-electron chi connectivity index (χ1n) is 10.0. The average molecular weight is 471 g/mol. The molecule has 0 saturated heterocycles. The number of halogens is 2. The van der Waals surface area contributed by atoms with E-state index in [-0.39, 0.29) is 36.3 Å². The van der Waals surface area contributed by atoms with Crippen molar-refractivity contribution < 1.29 is 28.2 Å². The maximum Gasteiger partial charge on any atom is 0.265 e. The lowest BCUT2D eigenvalue weighted by Gasteiger charge is -2.30. The van der Waals surface area contributed by atoms with Crippen LogP contribution in [-0.4, -0.2) is 32.1 Å². The number of carbonyl (C=O) groups is 2. The standard InChI is InChI=1S/C24H20ClFN2O5/c1-31-16-4-2-5-17(11-16)32-13-23(29)27-15-8-9-22-21(10-15)28(24(30)14-33-22)12-18-19(25)6-3-7-20(18)26/h2-11H,12-14H2,1H3,(H,27,29). The summed E-state index contributed by atoms with van der Waals surface area (Å²) >= 11 is 6.14. The van der Waals surface area contributed by atoms with E-state index >= 15 is 0 Å². The van der Waals surface area contributed by atoms with Crippen molar-refractivity contribution in [2.24, 2.45) is 0 Å². The minimum Gasteiger partial charge on any atom is -0.497 e. The molecule has 1 N–H and O–H groups in total. The van der Waals surface area contributed by atoms with Gasteiger partial charge < -0.3 is 24.4 Å². The van der Waals surface area contributed by atoms with Crippen LogP contribution in [0.1, 0.15) is 5.56 Å². The van der Waals surface area contributed by atoms with Crippen molar-refractivity contribution in [3.8, 4) is 17.2 Å². The fourth-order valence-corrected chi connectivity index (χ4v) is 3.55. The van der Waals surface area contributed by atoms with Gasteiger partial charge in [-0.1, -0.05) is 23.7 Å². The Labute approximate surface area is 194 Å². The molecule has 4 rings (SSSR count). The van der Waals surface area contributed by atoms with Gasteiger partial charge in [-0.15, -0.1) is 0 Å². The Morgan fingerprint density at radius 3 is 2.73 bits per heavy atom. The lowest BCUT2D eigenvalue weighted by molar-refractivity contribution is -0.121. The molecule has 0 bridgehead atoms. The number of benzene rings is 3. The third-order valence-corrected chi connectivity index (χ3v) is 5.33.